The zero-order chi connectivity index (χ0) is 8.20. The molecule has 0 amide bonds. The lowest BCUT2D eigenvalue weighted by Gasteiger charge is -2.15. The van der Waals surface area contributed by atoms with E-state index in [2.05, 4.69) is 19.2 Å². The molecule has 0 saturated heterocycles. The molecule has 1 atom stereocenters. The summed E-state index contributed by atoms with van der Waals surface area (Å²) in [6.07, 6.45) is 0.855. The third-order valence-electron chi connectivity index (χ3n) is 1.50. The van der Waals surface area contributed by atoms with Crippen molar-refractivity contribution in [1.82, 2.24) is 0 Å². The summed E-state index contributed by atoms with van der Waals surface area (Å²) >= 11 is 0. The Morgan fingerprint density at radius 3 is 2.40 bits per heavy atom. The van der Waals surface area contributed by atoms with Gasteiger partial charge in [-0.05, 0) is 13.3 Å². The van der Waals surface area contributed by atoms with Crippen molar-refractivity contribution < 1.29 is 0 Å². The smallest absolute Gasteiger partial charge is 0.101 e. The van der Waals surface area contributed by atoms with Crippen LogP contribution in [0.25, 0.3) is 0 Å². The van der Waals surface area contributed by atoms with E-state index in [4.69, 9.17) is 11.0 Å². The van der Waals surface area contributed by atoms with Gasteiger partial charge < -0.3 is 5.73 Å². The molecular formula is C7H16N2Si. The van der Waals surface area contributed by atoms with Gasteiger partial charge in [0.2, 0.25) is 0 Å². The molecule has 0 aromatic carbocycles. The van der Waals surface area contributed by atoms with Crippen molar-refractivity contribution in [3.63, 3.8) is 0 Å². The number of nitriles is 1. The first-order valence-electron chi connectivity index (χ1n) is 3.68. The number of rotatable bonds is 3. The van der Waals surface area contributed by atoms with Crippen LogP contribution in [0.4, 0.5) is 0 Å². The quantitative estimate of drug-likeness (QED) is 0.622. The van der Waals surface area contributed by atoms with E-state index in [9.17, 15) is 0 Å². The van der Waals surface area contributed by atoms with Crippen LogP contribution in [0.1, 0.15) is 13.3 Å². The fourth-order valence-corrected chi connectivity index (χ4v) is 1.82. The lowest BCUT2D eigenvalue weighted by molar-refractivity contribution is 0.575. The van der Waals surface area contributed by atoms with Crippen molar-refractivity contribution in [2.75, 3.05) is 0 Å². The topological polar surface area (TPSA) is 49.8 Å². The van der Waals surface area contributed by atoms with Gasteiger partial charge in [-0.15, -0.1) is 0 Å². The van der Waals surface area contributed by atoms with Gasteiger partial charge in [-0.25, -0.2) is 0 Å². The summed E-state index contributed by atoms with van der Waals surface area (Å²) in [5, 5.41) is 8.55. The average molecular weight is 156 g/mol. The van der Waals surface area contributed by atoms with Crippen LogP contribution < -0.4 is 5.73 Å². The molecule has 2 nitrogen and oxygen atoms in total. The van der Waals surface area contributed by atoms with Gasteiger partial charge >= 0.3 is 0 Å². The highest BCUT2D eigenvalue weighted by Crippen LogP contribution is 2.09. The van der Waals surface area contributed by atoms with E-state index in [0.29, 0.717) is 0 Å². The third kappa shape index (κ3) is 4.54. The summed E-state index contributed by atoms with van der Waals surface area (Å²) in [7, 11) is -0.515. The van der Waals surface area contributed by atoms with Crippen LogP contribution in [0, 0.1) is 11.3 Å². The van der Waals surface area contributed by atoms with Gasteiger partial charge in [0, 0.05) is 8.80 Å². The van der Waals surface area contributed by atoms with Crippen molar-refractivity contribution in [3.05, 3.63) is 0 Å². The van der Waals surface area contributed by atoms with Gasteiger partial charge in [0.15, 0.2) is 0 Å². The zero-order valence-corrected chi connectivity index (χ0v) is 8.17. The molecule has 0 aromatic rings. The predicted molar refractivity (Wildman–Crippen MR) is 46.5 cm³/mol. The fourth-order valence-electron chi connectivity index (χ4n) is 0.644. The Bertz CT molecular complexity index is 135. The monoisotopic (exact) mass is 156 g/mol. The Hall–Kier alpha value is -0.333. The van der Waals surface area contributed by atoms with Crippen LogP contribution in [0.3, 0.4) is 0 Å². The van der Waals surface area contributed by atoms with Crippen molar-refractivity contribution in [2.24, 2.45) is 5.73 Å². The minimum atomic E-state index is -0.586. The lowest BCUT2D eigenvalue weighted by atomic mass is 10.0. The molecule has 0 aromatic heterocycles. The van der Waals surface area contributed by atoms with E-state index >= 15 is 0 Å². The zero-order valence-electron chi connectivity index (χ0n) is 7.02. The van der Waals surface area contributed by atoms with Crippen molar-refractivity contribution in [3.8, 4) is 6.07 Å². The lowest BCUT2D eigenvalue weighted by Crippen LogP contribution is -2.34. The molecule has 2 N–H and O–H groups in total. The number of nitrogens with two attached hydrogens (primary N) is 1. The Kier molecular flexibility index (Phi) is 3.62. The molecule has 0 saturated carbocycles. The summed E-state index contributed by atoms with van der Waals surface area (Å²) in [5.74, 6) is 0. The molecule has 0 heterocycles. The molecule has 0 bridgehead atoms. The summed E-state index contributed by atoms with van der Waals surface area (Å²) in [4.78, 5) is 0. The van der Waals surface area contributed by atoms with Crippen molar-refractivity contribution in [1.29, 1.82) is 5.26 Å². The summed E-state index contributed by atoms with van der Waals surface area (Å²) in [6, 6.07) is 3.26. The SMILES string of the molecule is C[SiH](C)CCC(C)(N)C#N. The minimum absolute atomic E-state index is 0.515. The van der Waals surface area contributed by atoms with Gasteiger partial charge in [-0.2, -0.15) is 5.26 Å². The summed E-state index contributed by atoms with van der Waals surface area (Å²) in [6.45, 7) is 6.34. The van der Waals surface area contributed by atoms with Crippen LogP contribution in [0.15, 0.2) is 0 Å². The maximum Gasteiger partial charge on any atom is 0.101 e. The van der Waals surface area contributed by atoms with Crippen LogP contribution in [-0.2, 0) is 0 Å². The maximum atomic E-state index is 8.55. The summed E-state index contributed by atoms with van der Waals surface area (Å²) < 4.78 is 0. The minimum Gasteiger partial charge on any atom is -0.314 e. The van der Waals surface area contributed by atoms with Gasteiger partial charge in [-0.1, -0.05) is 19.1 Å². The Morgan fingerprint density at radius 2 is 2.10 bits per heavy atom. The normalized spacial score (nSPS) is 16.4. The molecule has 0 aliphatic carbocycles. The van der Waals surface area contributed by atoms with Crippen LogP contribution >= 0.6 is 0 Å². The Balaban J connectivity index is 3.60. The first-order chi connectivity index (χ1) is 4.48. The molecule has 0 radical (unpaired) electrons. The molecule has 3 heteroatoms. The molecule has 0 fully saturated rings. The average Bonchev–Trinajstić information content (AvgIpc) is 1.85. The molecule has 0 rings (SSSR count). The van der Waals surface area contributed by atoms with Gasteiger partial charge in [0.1, 0.15) is 5.54 Å². The van der Waals surface area contributed by atoms with E-state index in [1.54, 1.807) is 6.92 Å². The molecule has 0 spiro atoms. The second-order valence-corrected chi connectivity index (χ2v) is 6.83. The first kappa shape index (κ1) is 9.67. The van der Waals surface area contributed by atoms with E-state index in [0.717, 1.165) is 6.42 Å². The van der Waals surface area contributed by atoms with E-state index in [1.807, 2.05) is 0 Å². The maximum absolute atomic E-state index is 8.55. The highest BCUT2D eigenvalue weighted by molar-refractivity contribution is 6.55. The highest BCUT2D eigenvalue weighted by Gasteiger charge is 2.16. The van der Waals surface area contributed by atoms with Gasteiger partial charge in [0.05, 0.1) is 6.07 Å². The molecule has 10 heavy (non-hydrogen) atoms. The second-order valence-electron chi connectivity index (χ2n) is 3.46. The van der Waals surface area contributed by atoms with E-state index in [1.165, 1.54) is 6.04 Å². The van der Waals surface area contributed by atoms with Crippen molar-refractivity contribution in [2.45, 2.75) is 38.0 Å². The number of hydrogen-bond donors (Lipinski definition) is 1. The van der Waals surface area contributed by atoms with Crippen molar-refractivity contribution >= 4 is 8.80 Å². The Labute approximate surface area is 64.6 Å². The third-order valence-corrected chi connectivity index (χ3v) is 2.94. The second kappa shape index (κ2) is 3.74. The van der Waals surface area contributed by atoms with Gasteiger partial charge in [0.25, 0.3) is 0 Å². The molecule has 58 valence electrons. The molecular weight excluding hydrogens is 140 g/mol. The predicted octanol–water partition coefficient (Wildman–Crippen LogP) is 1.10. The van der Waals surface area contributed by atoms with Crippen LogP contribution in [0.2, 0.25) is 19.1 Å². The highest BCUT2D eigenvalue weighted by atomic mass is 28.3. The van der Waals surface area contributed by atoms with E-state index in [-0.39, 0.29) is 0 Å². The van der Waals surface area contributed by atoms with Crippen LogP contribution in [0.5, 0.6) is 0 Å². The number of hydrogen-bond acceptors (Lipinski definition) is 2. The Morgan fingerprint density at radius 1 is 1.60 bits per heavy atom. The molecule has 0 aliphatic heterocycles. The summed E-state index contributed by atoms with van der Waals surface area (Å²) in [5.41, 5.74) is 5.04. The van der Waals surface area contributed by atoms with Crippen LogP contribution in [-0.4, -0.2) is 14.3 Å². The standard InChI is InChI=1S/C7H16N2Si/c1-7(9,6-8)4-5-10(2)3/h10H,4-5,9H2,1-3H3. The first-order valence-corrected chi connectivity index (χ1v) is 6.80. The largest absolute Gasteiger partial charge is 0.314 e. The van der Waals surface area contributed by atoms with E-state index < -0.39 is 14.3 Å². The molecule has 0 aliphatic rings. The fraction of sp³-hybridized carbons (Fsp3) is 0.857. The number of nitrogens with zero attached hydrogens (tertiary/aromatic N) is 1. The molecule has 1 unspecified atom stereocenters. The van der Waals surface area contributed by atoms with Gasteiger partial charge in [-0.3, -0.25) is 0 Å².